The summed E-state index contributed by atoms with van der Waals surface area (Å²) in [6.45, 7) is 11.6. The first-order valence-electron chi connectivity index (χ1n) is 5.78. The molecule has 0 radical (unpaired) electrons. The highest BCUT2D eigenvalue weighted by molar-refractivity contribution is 5.80. The van der Waals surface area contributed by atoms with Crippen molar-refractivity contribution in [2.75, 3.05) is 32.8 Å². The molecule has 1 amide bonds. The third-order valence-corrected chi connectivity index (χ3v) is 2.32. The van der Waals surface area contributed by atoms with Gasteiger partial charge in [-0.3, -0.25) is 4.79 Å². The predicted octanol–water partition coefficient (Wildman–Crippen LogP) is 0.869. The monoisotopic (exact) mass is 216 g/mol. The van der Waals surface area contributed by atoms with Gasteiger partial charge in [-0.25, -0.2) is 0 Å². The lowest BCUT2D eigenvalue weighted by Crippen LogP contribution is -2.39. The number of rotatable bonds is 8. The van der Waals surface area contributed by atoms with Crippen LogP contribution < -0.4 is 5.32 Å². The topological polar surface area (TPSA) is 41.6 Å². The number of hydrogen-bond donors (Lipinski definition) is 1. The summed E-state index contributed by atoms with van der Waals surface area (Å²) < 4.78 is 5.44. The number of amides is 1. The van der Waals surface area contributed by atoms with Gasteiger partial charge >= 0.3 is 0 Å². The maximum atomic E-state index is 11.7. The van der Waals surface area contributed by atoms with E-state index in [1.807, 2.05) is 27.7 Å². The fraction of sp³-hybridized carbons (Fsp3) is 0.909. The van der Waals surface area contributed by atoms with E-state index in [-0.39, 0.29) is 12.0 Å². The van der Waals surface area contributed by atoms with Crippen LogP contribution in [0.5, 0.6) is 0 Å². The predicted molar refractivity (Wildman–Crippen MR) is 61.9 cm³/mol. The van der Waals surface area contributed by atoms with E-state index in [4.69, 9.17) is 4.74 Å². The Morgan fingerprint density at radius 2 is 1.93 bits per heavy atom. The summed E-state index contributed by atoms with van der Waals surface area (Å²) in [7, 11) is 0. The van der Waals surface area contributed by atoms with Gasteiger partial charge in [-0.1, -0.05) is 6.92 Å². The van der Waals surface area contributed by atoms with Gasteiger partial charge in [-0.2, -0.15) is 0 Å². The Labute approximate surface area is 93.0 Å². The highest BCUT2D eigenvalue weighted by Gasteiger charge is 2.17. The molecule has 0 saturated carbocycles. The quantitative estimate of drug-likeness (QED) is 0.612. The zero-order valence-corrected chi connectivity index (χ0v) is 10.4. The Balaban J connectivity index is 3.77. The summed E-state index contributed by atoms with van der Waals surface area (Å²) >= 11 is 0. The second-order valence-corrected chi connectivity index (χ2v) is 3.38. The molecule has 1 N–H and O–H groups in total. The fourth-order valence-electron chi connectivity index (χ4n) is 1.35. The van der Waals surface area contributed by atoms with Gasteiger partial charge in [0.1, 0.15) is 6.10 Å². The minimum atomic E-state index is -0.330. The van der Waals surface area contributed by atoms with Crippen molar-refractivity contribution in [3.8, 4) is 0 Å². The maximum Gasteiger partial charge on any atom is 0.251 e. The van der Waals surface area contributed by atoms with Crippen LogP contribution in [0.25, 0.3) is 0 Å². The zero-order valence-electron chi connectivity index (χ0n) is 10.4. The van der Waals surface area contributed by atoms with Crippen LogP contribution in [-0.2, 0) is 9.53 Å². The molecule has 4 heteroatoms. The van der Waals surface area contributed by atoms with Gasteiger partial charge in [0.2, 0.25) is 0 Å². The van der Waals surface area contributed by atoms with Crippen molar-refractivity contribution in [3.05, 3.63) is 0 Å². The van der Waals surface area contributed by atoms with Crippen LogP contribution in [0.2, 0.25) is 0 Å². The molecule has 0 aromatic carbocycles. The normalized spacial score (nSPS) is 12.5. The van der Waals surface area contributed by atoms with Crippen LogP contribution >= 0.6 is 0 Å². The molecular weight excluding hydrogens is 192 g/mol. The van der Waals surface area contributed by atoms with E-state index in [9.17, 15) is 4.79 Å². The van der Waals surface area contributed by atoms with E-state index < -0.39 is 0 Å². The number of nitrogens with one attached hydrogen (secondary N) is 1. The lowest BCUT2D eigenvalue weighted by Gasteiger charge is -2.22. The van der Waals surface area contributed by atoms with Crippen molar-refractivity contribution in [1.29, 1.82) is 0 Å². The highest BCUT2D eigenvalue weighted by atomic mass is 16.5. The molecule has 0 spiro atoms. The SMILES string of the molecule is CCNCCOC(C)C(=O)N(CC)CC. The van der Waals surface area contributed by atoms with E-state index in [0.29, 0.717) is 6.61 Å². The van der Waals surface area contributed by atoms with Crippen molar-refractivity contribution in [3.63, 3.8) is 0 Å². The van der Waals surface area contributed by atoms with Gasteiger partial charge in [-0.15, -0.1) is 0 Å². The second kappa shape index (κ2) is 8.68. The molecule has 90 valence electrons. The molecule has 0 heterocycles. The Kier molecular flexibility index (Phi) is 8.33. The van der Waals surface area contributed by atoms with E-state index in [0.717, 1.165) is 26.2 Å². The van der Waals surface area contributed by atoms with Gasteiger partial charge in [0.25, 0.3) is 5.91 Å². The molecule has 1 unspecified atom stereocenters. The first kappa shape index (κ1) is 14.4. The van der Waals surface area contributed by atoms with E-state index in [1.165, 1.54) is 0 Å². The molecule has 0 aromatic heterocycles. The summed E-state index contributed by atoms with van der Waals surface area (Å²) in [5, 5.41) is 3.15. The third kappa shape index (κ3) is 5.74. The van der Waals surface area contributed by atoms with Crippen molar-refractivity contribution in [2.24, 2.45) is 0 Å². The Hall–Kier alpha value is -0.610. The minimum absolute atomic E-state index is 0.0801. The van der Waals surface area contributed by atoms with Gasteiger partial charge in [0, 0.05) is 19.6 Å². The Morgan fingerprint density at radius 1 is 1.33 bits per heavy atom. The summed E-state index contributed by atoms with van der Waals surface area (Å²) in [6, 6.07) is 0. The molecule has 0 rings (SSSR count). The van der Waals surface area contributed by atoms with Gasteiger partial charge in [0.15, 0.2) is 0 Å². The van der Waals surface area contributed by atoms with E-state index in [2.05, 4.69) is 5.32 Å². The third-order valence-electron chi connectivity index (χ3n) is 2.32. The number of nitrogens with zero attached hydrogens (tertiary/aromatic N) is 1. The molecule has 15 heavy (non-hydrogen) atoms. The number of ether oxygens (including phenoxy) is 1. The second-order valence-electron chi connectivity index (χ2n) is 3.38. The van der Waals surface area contributed by atoms with Crippen LogP contribution in [0.15, 0.2) is 0 Å². The Bertz CT molecular complexity index is 170. The molecule has 0 fully saturated rings. The lowest BCUT2D eigenvalue weighted by molar-refractivity contribution is -0.142. The summed E-state index contributed by atoms with van der Waals surface area (Å²) in [5.74, 6) is 0.0801. The van der Waals surface area contributed by atoms with Crippen molar-refractivity contribution in [2.45, 2.75) is 33.8 Å². The number of likely N-dealkylation sites (N-methyl/N-ethyl adjacent to an activating group) is 2. The van der Waals surface area contributed by atoms with Gasteiger partial charge in [0.05, 0.1) is 6.61 Å². The number of carbonyl (C=O) groups excluding carboxylic acids is 1. The number of hydrogen-bond acceptors (Lipinski definition) is 3. The van der Waals surface area contributed by atoms with Crippen molar-refractivity contribution < 1.29 is 9.53 Å². The van der Waals surface area contributed by atoms with Crippen molar-refractivity contribution >= 4 is 5.91 Å². The zero-order chi connectivity index (χ0) is 11.7. The largest absolute Gasteiger partial charge is 0.367 e. The summed E-state index contributed by atoms with van der Waals surface area (Å²) in [6.07, 6.45) is -0.330. The molecular formula is C11H24N2O2. The molecule has 0 aliphatic heterocycles. The molecule has 0 aliphatic rings. The summed E-state index contributed by atoms with van der Waals surface area (Å²) in [5.41, 5.74) is 0. The Morgan fingerprint density at radius 3 is 2.40 bits per heavy atom. The van der Waals surface area contributed by atoms with Crippen LogP contribution in [0.1, 0.15) is 27.7 Å². The minimum Gasteiger partial charge on any atom is -0.367 e. The number of carbonyl (C=O) groups is 1. The van der Waals surface area contributed by atoms with Gasteiger partial charge < -0.3 is 15.0 Å². The molecule has 0 bridgehead atoms. The lowest BCUT2D eigenvalue weighted by atomic mass is 10.3. The molecule has 0 aromatic rings. The molecule has 0 saturated heterocycles. The average molecular weight is 216 g/mol. The first-order valence-corrected chi connectivity index (χ1v) is 5.78. The van der Waals surface area contributed by atoms with Crippen LogP contribution in [0, 0.1) is 0 Å². The molecule has 1 atom stereocenters. The molecule has 4 nitrogen and oxygen atoms in total. The maximum absolute atomic E-state index is 11.7. The van der Waals surface area contributed by atoms with Crippen LogP contribution in [0.4, 0.5) is 0 Å². The molecule has 0 aliphatic carbocycles. The van der Waals surface area contributed by atoms with Crippen molar-refractivity contribution in [1.82, 2.24) is 10.2 Å². The highest BCUT2D eigenvalue weighted by Crippen LogP contribution is 1.98. The van der Waals surface area contributed by atoms with Gasteiger partial charge in [-0.05, 0) is 27.3 Å². The average Bonchev–Trinajstić information content (AvgIpc) is 2.25. The van der Waals surface area contributed by atoms with E-state index >= 15 is 0 Å². The summed E-state index contributed by atoms with van der Waals surface area (Å²) in [4.78, 5) is 13.5. The van der Waals surface area contributed by atoms with Crippen LogP contribution in [0.3, 0.4) is 0 Å². The standard InChI is InChI=1S/C11H24N2O2/c1-5-12-8-9-15-10(4)11(14)13(6-2)7-3/h10,12H,5-9H2,1-4H3. The van der Waals surface area contributed by atoms with E-state index in [1.54, 1.807) is 4.90 Å². The first-order chi connectivity index (χ1) is 7.17. The fourth-order valence-corrected chi connectivity index (χ4v) is 1.35. The van der Waals surface area contributed by atoms with Crippen LogP contribution in [-0.4, -0.2) is 49.7 Å². The smallest absolute Gasteiger partial charge is 0.251 e.